The third-order valence-electron chi connectivity index (χ3n) is 0.884. The van der Waals surface area contributed by atoms with Gasteiger partial charge in [0.15, 0.2) is 0 Å². The standard InChI is InChI=1S/C5H5ClN2O/c6-3-1-2-4(7)8-5(3)9/h1-2H,(H3,7,8,9). The Morgan fingerprint density at radius 3 is 2.67 bits per heavy atom. The summed E-state index contributed by atoms with van der Waals surface area (Å²) in [4.78, 5) is 12.9. The average Bonchev–Trinajstić information content (AvgIpc) is 1.80. The maximum Gasteiger partial charge on any atom is 0.268 e. The molecule has 0 aliphatic carbocycles. The van der Waals surface area contributed by atoms with Gasteiger partial charge in [-0.3, -0.25) is 4.79 Å². The summed E-state index contributed by atoms with van der Waals surface area (Å²) < 4.78 is 0. The number of anilines is 1. The van der Waals surface area contributed by atoms with Gasteiger partial charge in [-0.05, 0) is 12.1 Å². The van der Waals surface area contributed by atoms with Gasteiger partial charge in [-0.15, -0.1) is 0 Å². The van der Waals surface area contributed by atoms with Crippen molar-refractivity contribution in [1.82, 2.24) is 4.98 Å². The van der Waals surface area contributed by atoms with E-state index in [9.17, 15) is 4.79 Å². The average molecular weight is 145 g/mol. The van der Waals surface area contributed by atoms with Crippen molar-refractivity contribution >= 4 is 17.4 Å². The monoisotopic (exact) mass is 144 g/mol. The molecule has 1 heterocycles. The Kier molecular flexibility index (Phi) is 1.44. The molecule has 48 valence electrons. The van der Waals surface area contributed by atoms with Gasteiger partial charge in [0, 0.05) is 0 Å². The van der Waals surface area contributed by atoms with Crippen LogP contribution in [0, 0.1) is 0 Å². The molecule has 0 spiro atoms. The molecule has 9 heavy (non-hydrogen) atoms. The van der Waals surface area contributed by atoms with Crippen LogP contribution in [-0.2, 0) is 0 Å². The Morgan fingerprint density at radius 1 is 1.56 bits per heavy atom. The molecule has 0 atom stereocenters. The number of hydrogen-bond donors (Lipinski definition) is 2. The van der Waals surface area contributed by atoms with Gasteiger partial charge in [0.2, 0.25) is 0 Å². The highest BCUT2D eigenvalue weighted by molar-refractivity contribution is 6.30. The highest BCUT2D eigenvalue weighted by Crippen LogP contribution is 1.99. The number of aromatic amines is 1. The van der Waals surface area contributed by atoms with Crippen molar-refractivity contribution in [3.63, 3.8) is 0 Å². The molecule has 3 N–H and O–H groups in total. The summed E-state index contributed by atoms with van der Waals surface area (Å²) in [5.74, 6) is 0.324. The number of rotatable bonds is 0. The smallest absolute Gasteiger partial charge is 0.268 e. The zero-order chi connectivity index (χ0) is 6.85. The van der Waals surface area contributed by atoms with E-state index < -0.39 is 0 Å². The molecule has 0 aromatic carbocycles. The van der Waals surface area contributed by atoms with Crippen molar-refractivity contribution in [1.29, 1.82) is 0 Å². The Balaban J connectivity index is 3.34. The molecule has 3 nitrogen and oxygen atoms in total. The van der Waals surface area contributed by atoms with Crippen LogP contribution in [0.15, 0.2) is 16.9 Å². The van der Waals surface area contributed by atoms with E-state index in [0.717, 1.165) is 0 Å². The van der Waals surface area contributed by atoms with E-state index in [1.165, 1.54) is 12.1 Å². The van der Waals surface area contributed by atoms with Gasteiger partial charge in [0.05, 0.1) is 0 Å². The number of pyridine rings is 1. The van der Waals surface area contributed by atoms with Crippen LogP contribution in [0.2, 0.25) is 5.02 Å². The minimum Gasteiger partial charge on any atom is -0.385 e. The molecule has 0 aliphatic heterocycles. The third kappa shape index (κ3) is 1.23. The molecular weight excluding hydrogens is 140 g/mol. The van der Waals surface area contributed by atoms with Crippen molar-refractivity contribution in [2.75, 3.05) is 5.73 Å². The summed E-state index contributed by atoms with van der Waals surface area (Å²) in [6, 6.07) is 2.99. The third-order valence-corrected chi connectivity index (χ3v) is 1.18. The predicted octanol–water partition coefficient (Wildman–Crippen LogP) is 0.611. The zero-order valence-electron chi connectivity index (χ0n) is 4.52. The van der Waals surface area contributed by atoms with E-state index in [2.05, 4.69) is 4.98 Å². The maximum absolute atomic E-state index is 10.6. The van der Waals surface area contributed by atoms with Crippen LogP contribution in [0.3, 0.4) is 0 Å². The summed E-state index contributed by atoms with van der Waals surface area (Å²) in [7, 11) is 0. The lowest BCUT2D eigenvalue weighted by molar-refractivity contribution is 1.25. The second kappa shape index (κ2) is 2.11. The van der Waals surface area contributed by atoms with Gasteiger partial charge < -0.3 is 10.7 Å². The number of aromatic nitrogens is 1. The second-order valence-electron chi connectivity index (χ2n) is 1.59. The van der Waals surface area contributed by atoms with Gasteiger partial charge >= 0.3 is 0 Å². The summed E-state index contributed by atoms with van der Waals surface area (Å²) in [5, 5.41) is 0.157. The summed E-state index contributed by atoms with van der Waals surface area (Å²) in [6.07, 6.45) is 0. The van der Waals surface area contributed by atoms with E-state index in [1.807, 2.05) is 0 Å². The fraction of sp³-hybridized carbons (Fsp3) is 0. The largest absolute Gasteiger partial charge is 0.385 e. The van der Waals surface area contributed by atoms with Crippen LogP contribution in [0.5, 0.6) is 0 Å². The van der Waals surface area contributed by atoms with E-state index in [1.54, 1.807) is 0 Å². The molecule has 0 saturated carbocycles. The summed E-state index contributed by atoms with van der Waals surface area (Å²) in [5.41, 5.74) is 4.86. The molecule has 0 saturated heterocycles. The van der Waals surface area contributed by atoms with Gasteiger partial charge in [-0.25, -0.2) is 0 Å². The van der Waals surface area contributed by atoms with Gasteiger partial charge in [0.25, 0.3) is 5.56 Å². The molecule has 0 aliphatic rings. The number of nitrogens with two attached hydrogens (primary N) is 1. The lowest BCUT2D eigenvalue weighted by Gasteiger charge is -1.89. The van der Waals surface area contributed by atoms with Crippen molar-refractivity contribution in [3.05, 3.63) is 27.5 Å². The molecule has 1 aromatic rings. The Bertz CT molecular complexity index is 268. The Hall–Kier alpha value is -0.960. The van der Waals surface area contributed by atoms with Gasteiger partial charge in [0.1, 0.15) is 10.8 Å². The highest BCUT2D eigenvalue weighted by atomic mass is 35.5. The fourth-order valence-electron chi connectivity index (χ4n) is 0.471. The molecule has 0 amide bonds. The first kappa shape index (κ1) is 6.16. The van der Waals surface area contributed by atoms with Gasteiger partial charge in [-0.2, -0.15) is 0 Å². The minimum absolute atomic E-state index is 0.157. The number of halogens is 1. The van der Waals surface area contributed by atoms with Gasteiger partial charge in [-0.1, -0.05) is 11.6 Å². The molecule has 0 unspecified atom stereocenters. The van der Waals surface area contributed by atoms with Crippen LogP contribution < -0.4 is 11.3 Å². The highest BCUT2D eigenvalue weighted by Gasteiger charge is 1.91. The first-order valence-corrected chi connectivity index (χ1v) is 2.72. The van der Waals surface area contributed by atoms with E-state index >= 15 is 0 Å². The fourth-order valence-corrected chi connectivity index (χ4v) is 0.581. The van der Waals surface area contributed by atoms with Crippen LogP contribution in [-0.4, -0.2) is 4.98 Å². The second-order valence-corrected chi connectivity index (χ2v) is 2.00. The quantitative estimate of drug-likeness (QED) is 0.561. The van der Waals surface area contributed by atoms with Crippen molar-refractivity contribution in [2.45, 2.75) is 0 Å². The Labute approximate surface area is 56.5 Å². The number of nitrogen functional groups attached to an aromatic ring is 1. The van der Waals surface area contributed by atoms with Crippen molar-refractivity contribution < 1.29 is 0 Å². The lowest BCUT2D eigenvalue weighted by atomic mass is 10.5. The molecule has 1 rings (SSSR count). The molecule has 0 radical (unpaired) electrons. The first-order valence-electron chi connectivity index (χ1n) is 2.34. The SMILES string of the molecule is Nc1ccc(Cl)c(=O)[nH]1. The summed E-state index contributed by atoms with van der Waals surface area (Å²) in [6.45, 7) is 0. The normalized spacial score (nSPS) is 9.44. The molecule has 0 bridgehead atoms. The first-order chi connectivity index (χ1) is 4.20. The molecule has 0 fully saturated rings. The van der Waals surface area contributed by atoms with E-state index in [4.69, 9.17) is 17.3 Å². The predicted molar refractivity (Wildman–Crippen MR) is 36.5 cm³/mol. The van der Waals surface area contributed by atoms with Crippen molar-refractivity contribution in [2.24, 2.45) is 0 Å². The summed E-state index contributed by atoms with van der Waals surface area (Å²) >= 11 is 5.38. The number of hydrogen-bond acceptors (Lipinski definition) is 2. The van der Waals surface area contributed by atoms with Crippen LogP contribution in [0.4, 0.5) is 5.82 Å². The zero-order valence-corrected chi connectivity index (χ0v) is 5.27. The maximum atomic E-state index is 10.6. The van der Waals surface area contributed by atoms with Crippen LogP contribution >= 0.6 is 11.6 Å². The molecule has 1 aromatic heterocycles. The lowest BCUT2D eigenvalue weighted by Crippen LogP contribution is -2.07. The van der Waals surface area contributed by atoms with E-state index in [0.29, 0.717) is 5.82 Å². The van der Waals surface area contributed by atoms with Crippen LogP contribution in [0.1, 0.15) is 0 Å². The number of H-pyrrole nitrogens is 1. The van der Waals surface area contributed by atoms with E-state index in [-0.39, 0.29) is 10.6 Å². The number of nitrogens with one attached hydrogen (secondary N) is 1. The minimum atomic E-state index is -0.350. The topological polar surface area (TPSA) is 58.9 Å². The van der Waals surface area contributed by atoms with Crippen LogP contribution in [0.25, 0.3) is 0 Å². The molecule has 4 heteroatoms. The van der Waals surface area contributed by atoms with Crippen molar-refractivity contribution in [3.8, 4) is 0 Å². The Morgan fingerprint density at radius 2 is 2.22 bits per heavy atom. The molecular formula is C5H5ClN2O.